The van der Waals surface area contributed by atoms with Crippen LogP contribution in [0.1, 0.15) is 79.1 Å². The zero-order valence-corrected chi connectivity index (χ0v) is 20.1. The molecule has 6 atom stereocenters. The summed E-state index contributed by atoms with van der Waals surface area (Å²) in [5.41, 5.74) is 1.54. The molecule has 0 saturated heterocycles. The summed E-state index contributed by atoms with van der Waals surface area (Å²) >= 11 is 0. The van der Waals surface area contributed by atoms with Crippen LogP contribution in [0.2, 0.25) is 0 Å². The fourth-order valence-electron chi connectivity index (χ4n) is 8.00. The van der Waals surface area contributed by atoms with E-state index in [0.717, 1.165) is 44.9 Å². The first-order valence-corrected chi connectivity index (χ1v) is 12.5. The second kappa shape index (κ2) is 8.04. The van der Waals surface area contributed by atoms with Gasteiger partial charge < -0.3 is 4.90 Å². The lowest BCUT2D eigenvalue weighted by Gasteiger charge is -2.58. The van der Waals surface area contributed by atoms with E-state index in [2.05, 4.69) is 13.8 Å². The maximum atomic E-state index is 13.5. The minimum absolute atomic E-state index is 0.0158. The lowest BCUT2D eigenvalue weighted by Crippen LogP contribution is -2.53. The third-order valence-electron chi connectivity index (χ3n) is 9.91. The largest absolute Gasteiger partial charge is 0.326 e. The molecule has 5 heteroatoms. The van der Waals surface area contributed by atoms with Crippen molar-refractivity contribution in [1.29, 1.82) is 0 Å². The van der Waals surface area contributed by atoms with Crippen LogP contribution in [0.15, 0.2) is 11.6 Å². The Morgan fingerprint density at radius 2 is 1.71 bits per heavy atom. The number of rotatable bonds is 3. The van der Waals surface area contributed by atoms with Crippen LogP contribution in [0.4, 0.5) is 4.79 Å². The van der Waals surface area contributed by atoms with Crippen LogP contribution >= 0.6 is 0 Å². The summed E-state index contributed by atoms with van der Waals surface area (Å²) in [6.45, 7) is 9.89. The van der Waals surface area contributed by atoms with E-state index in [-0.39, 0.29) is 28.7 Å². The van der Waals surface area contributed by atoms with Gasteiger partial charge in [0.2, 0.25) is 5.91 Å². The van der Waals surface area contributed by atoms with Crippen molar-refractivity contribution in [3.8, 4) is 0 Å². The Labute approximate surface area is 187 Å². The van der Waals surface area contributed by atoms with Crippen LogP contribution in [0.25, 0.3) is 0 Å². The maximum absolute atomic E-state index is 13.5. The molecule has 0 unspecified atom stereocenters. The van der Waals surface area contributed by atoms with Crippen LogP contribution in [-0.4, -0.2) is 47.7 Å². The Morgan fingerprint density at radius 1 is 1.00 bits per heavy atom. The topological polar surface area (TPSA) is 57.7 Å². The van der Waals surface area contributed by atoms with Crippen LogP contribution in [0.5, 0.6) is 0 Å². The van der Waals surface area contributed by atoms with E-state index < -0.39 is 0 Å². The fourth-order valence-corrected chi connectivity index (χ4v) is 8.00. The van der Waals surface area contributed by atoms with Crippen molar-refractivity contribution in [2.75, 3.05) is 20.1 Å². The standard InChI is InChI=1S/C26H40N2O3/c1-6-28(7-2)24(31)27(5)23(30)22-11-10-20-19-9-8-17-16-18(29)12-14-25(17,3)21(19)13-15-26(20,22)4/h16,19-22H,6-15H2,1-5H3/t19-,20-,21-,22+,25-,26-/m0/s1. The number of carbonyl (C=O) groups excluding carboxylic acids is 3. The van der Waals surface area contributed by atoms with Gasteiger partial charge in [0.15, 0.2) is 5.78 Å². The molecule has 0 spiro atoms. The number of imide groups is 1. The predicted octanol–water partition coefficient (Wildman–Crippen LogP) is 5.05. The highest BCUT2D eigenvalue weighted by molar-refractivity contribution is 5.95. The summed E-state index contributed by atoms with van der Waals surface area (Å²) < 4.78 is 0. The van der Waals surface area contributed by atoms with Gasteiger partial charge in [0.05, 0.1) is 0 Å². The quantitative estimate of drug-likeness (QED) is 0.632. The molecule has 0 aliphatic heterocycles. The van der Waals surface area contributed by atoms with Crippen LogP contribution in [0, 0.1) is 34.5 Å². The second-order valence-electron chi connectivity index (χ2n) is 11.0. The van der Waals surface area contributed by atoms with Crippen molar-refractivity contribution in [3.05, 3.63) is 11.6 Å². The molecule has 0 bridgehead atoms. The van der Waals surface area contributed by atoms with Crippen molar-refractivity contribution in [1.82, 2.24) is 9.80 Å². The Balaban J connectivity index is 1.55. The highest BCUT2D eigenvalue weighted by Crippen LogP contribution is 2.66. The molecule has 0 radical (unpaired) electrons. The molecule has 0 aromatic carbocycles. The molecule has 4 aliphatic carbocycles. The smallest absolute Gasteiger partial charge is 0.325 e. The zero-order chi connectivity index (χ0) is 22.6. The van der Waals surface area contributed by atoms with E-state index in [9.17, 15) is 14.4 Å². The van der Waals surface area contributed by atoms with E-state index in [0.29, 0.717) is 43.0 Å². The van der Waals surface area contributed by atoms with E-state index in [4.69, 9.17) is 0 Å². The molecule has 0 heterocycles. The van der Waals surface area contributed by atoms with Gasteiger partial charge in [-0.1, -0.05) is 19.4 Å². The van der Waals surface area contributed by atoms with Crippen LogP contribution in [0.3, 0.4) is 0 Å². The Hall–Kier alpha value is -1.65. The number of nitrogens with zero attached hydrogens (tertiary/aromatic N) is 2. The van der Waals surface area contributed by atoms with Crippen molar-refractivity contribution in [3.63, 3.8) is 0 Å². The van der Waals surface area contributed by atoms with Crippen molar-refractivity contribution in [2.45, 2.75) is 79.1 Å². The number of hydrogen-bond acceptors (Lipinski definition) is 3. The van der Waals surface area contributed by atoms with Crippen LogP contribution in [-0.2, 0) is 9.59 Å². The van der Waals surface area contributed by atoms with Crippen molar-refractivity contribution >= 4 is 17.7 Å². The van der Waals surface area contributed by atoms with Crippen LogP contribution < -0.4 is 0 Å². The molecule has 0 aromatic rings. The summed E-state index contributed by atoms with van der Waals surface area (Å²) in [7, 11) is 1.67. The van der Waals surface area contributed by atoms with Gasteiger partial charge in [-0.3, -0.25) is 14.5 Å². The Bertz CT molecular complexity index is 800. The van der Waals surface area contributed by atoms with E-state index in [1.807, 2.05) is 19.9 Å². The van der Waals surface area contributed by atoms with E-state index in [1.54, 1.807) is 11.9 Å². The molecule has 172 valence electrons. The highest BCUT2D eigenvalue weighted by Gasteiger charge is 2.60. The monoisotopic (exact) mass is 428 g/mol. The lowest BCUT2D eigenvalue weighted by atomic mass is 9.47. The van der Waals surface area contributed by atoms with Crippen molar-refractivity contribution < 1.29 is 14.4 Å². The molecule has 31 heavy (non-hydrogen) atoms. The lowest BCUT2D eigenvalue weighted by molar-refractivity contribution is -0.139. The molecule has 5 nitrogen and oxygen atoms in total. The number of ketones is 1. The van der Waals surface area contributed by atoms with E-state index in [1.165, 1.54) is 10.5 Å². The molecule has 0 aromatic heterocycles. The molecular formula is C26H40N2O3. The van der Waals surface area contributed by atoms with Gasteiger partial charge in [0.1, 0.15) is 0 Å². The molecule has 4 rings (SSSR count). The van der Waals surface area contributed by atoms with Crippen molar-refractivity contribution in [2.24, 2.45) is 34.5 Å². The van der Waals surface area contributed by atoms with Gasteiger partial charge in [-0.2, -0.15) is 0 Å². The molecule has 3 saturated carbocycles. The predicted molar refractivity (Wildman–Crippen MR) is 121 cm³/mol. The number of urea groups is 1. The molecule has 4 aliphatic rings. The average Bonchev–Trinajstić information content (AvgIpc) is 3.11. The molecule has 3 amide bonds. The van der Waals surface area contributed by atoms with Gasteiger partial charge in [0, 0.05) is 32.5 Å². The van der Waals surface area contributed by atoms with Gasteiger partial charge in [-0.15, -0.1) is 0 Å². The summed E-state index contributed by atoms with van der Waals surface area (Å²) in [6.07, 6.45) is 10.0. The Kier molecular flexibility index (Phi) is 5.85. The van der Waals surface area contributed by atoms with Gasteiger partial charge >= 0.3 is 6.03 Å². The third-order valence-corrected chi connectivity index (χ3v) is 9.91. The average molecular weight is 429 g/mol. The number of hydrogen-bond donors (Lipinski definition) is 0. The number of fused-ring (bicyclic) bond motifs is 5. The minimum Gasteiger partial charge on any atom is -0.325 e. The Morgan fingerprint density at radius 3 is 2.39 bits per heavy atom. The summed E-state index contributed by atoms with van der Waals surface area (Å²) in [4.78, 5) is 41.5. The zero-order valence-electron chi connectivity index (χ0n) is 20.1. The summed E-state index contributed by atoms with van der Waals surface area (Å²) in [5.74, 6) is 2.08. The summed E-state index contributed by atoms with van der Waals surface area (Å²) in [5, 5.41) is 0. The molecule has 3 fully saturated rings. The molecule has 0 N–H and O–H groups in total. The van der Waals surface area contributed by atoms with Gasteiger partial charge in [-0.25, -0.2) is 4.79 Å². The molecular weight excluding hydrogens is 388 g/mol. The second-order valence-corrected chi connectivity index (χ2v) is 11.0. The number of carbonyl (C=O) groups is 3. The van der Waals surface area contributed by atoms with E-state index >= 15 is 0 Å². The van der Waals surface area contributed by atoms with Gasteiger partial charge in [-0.05, 0) is 93.5 Å². The first-order valence-electron chi connectivity index (χ1n) is 12.5. The normalized spacial score (nSPS) is 39.1. The minimum atomic E-state index is -0.164. The number of amides is 3. The maximum Gasteiger partial charge on any atom is 0.326 e. The summed E-state index contributed by atoms with van der Waals surface area (Å²) in [6, 6.07) is -0.164. The third kappa shape index (κ3) is 3.38. The van der Waals surface area contributed by atoms with Gasteiger partial charge in [0.25, 0.3) is 0 Å². The highest BCUT2D eigenvalue weighted by atomic mass is 16.2. The fraction of sp³-hybridized carbons (Fsp3) is 0.808. The first-order chi connectivity index (χ1) is 14.7. The SMILES string of the molecule is CCN(CC)C(=O)N(C)C(=O)[C@H]1CC[C@H]2[C@@H]3CCC4=CC(=O)CC[C@]4(C)[C@H]3CC[C@]12C. The number of allylic oxidation sites excluding steroid dienone is 1. The first kappa shape index (κ1) is 22.5.